The van der Waals surface area contributed by atoms with Crippen LogP contribution in [-0.4, -0.2) is 30.3 Å². The van der Waals surface area contributed by atoms with E-state index in [4.69, 9.17) is 10.1 Å². The van der Waals surface area contributed by atoms with Gasteiger partial charge in [-0.1, -0.05) is 6.08 Å². The summed E-state index contributed by atoms with van der Waals surface area (Å²) in [7, 11) is 1.51. The second kappa shape index (κ2) is 10.3. The lowest BCUT2D eigenvalue weighted by molar-refractivity contribution is -0.532. The van der Waals surface area contributed by atoms with Crippen molar-refractivity contribution in [2.24, 2.45) is 7.05 Å². The average Bonchev–Trinajstić information content (AvgIpc) is 3.27. The Hall–Kier alpha value is -5.55. The Morgan fingerprint density at radius 1 is 1.30 bits per heavy atom. The molecule has 0 bridgehead atoms. The number of alkyl halides is 3. The highest BCUT2D eigenvalue weighted by Crippen LogP contribution is 2.32. The SMILES string of the molecule is Cn1c(Nc2cc(C(F)(F)F)cn(-c3cccnc3)c2=O)nc2ncc(O/C(C=N)=C3\C=CC=C[NH2+]3)c(C#N)c21. The van der Waals surface area contributed by atoms with E-state index in [0.29, 0.717) is 18.0 Å². The number of aromatic nitrogens is 5. The summed E-state index contributed by atoms with van der Waals surface area (Å²) in [5.41, 5.74) is -1.19. The van der Waals surface area contributed by atoms with Crippen molar-refractivity contribution in [1.29, 1.82) is 10.7 Å². The largest absolute Gasteiger partial charge is 0.446 e. The van der Waals surface area contributed by atoms with E-state index in [9.17, 15) is 23.2 Å². The van der Waals surface area contributed by atoms with Crippen molar-refractivity contribution in [2.45, 2.75) is 6.18 Å². The Balaban J connectivity index is 1.60. The number of halogens is 3. The van der Waals surface area contributed by atoms with Crippen LogP contribution >= 0.6 is 0 Å². The first-order valence-electron chi connectivity index (χ1n) is 11.6. The number of hydrogen-bond donors (Lipinski definition) is 3. The molecule has 0 saturated heterocycles. The highest BCUT2D eigenvalue weighted by molar-refractivity contribution is 5.85. The molecule has 14 heteroatoms. The summed E-state index contributed by atoms with van der Waals surface area (Å²) in [6.45, 7) is 0. The van der Waals surface area contributed by atoms with Crippen LogP contribution < -0.4 is 20.9 Å². The van der Waals surface area contributed by atoms with Gasteiger partial charge in [-0.3, -0.25) is 19.7 Å². The molecule has 1 aliphatic heterocycles. The lowest BCUT2D eigenvalue weighted by Crippen LogP contribution is -2.76. The van der Waals surface area contributed by atoms with E-state index in [1.54, 1.807) is 29.7 Å². The zero-order chi connectivity index (χ0) is 28.4. The fraction of sp³-hybridized carbons (Fsp3) is 0.0769. The minimum Gasteiger partial charge on any atom is -0.446 e. The summed E-state index contributed by atoms with van der Waals surface area (Å²) in [6.07, 6.45) is 7.99. The molecule has 0 radical (unpaired) electrons. The third kappa shape index (κ3) is 4.84. The molecular weight excluding hydrogens is 527 g/mol. The lowest BCUT2D eigenvalue weighted by atomic mass is 10.2. The van der Waals surface area contributed by atoms with E-state index < -0.39 is 23.0 Å². The van der Waals surface area contributed by atoms with Crippen LogP contribution in [0.5, 0.6) is 5.75 Å². The van der Waals surface area contributed by atoms with Crippen LogP contribution in [0.25, 0.3) is 16.9 Å². The quantitative estimate of drug-likeness (QED) is 0.248. The lowest BCUT2D eigenvalue weighted by Gasteiger charge is -2.14. The van der Waals surface area contributed by atoms with Gasteiger partial charge in [0, 0.05) is 25.5 Å². The molecule has 5 heterocycles. The molecule has 11 nitrogen and oxygen atoms in total. The fourth-order valence-electron chi connectivity index (χ4n) is 3.98. The van der Waals surface area contributed by atoms with Gasteiger partial charge in [-0.15, -0.1) is 0 Å². The number of imidazole rings is 1. The molecule has 40 heavy (non-hydrogen) atoms. The zero-order valence-corrected chi connectivity index (χ0v) is 20.6. The summed E-state index contributed by atoms with van der Waals surface area (Å²) >= 11 is 0. The monoisotopic (exact) mass is 546 g/mol. The molecule has 1 aliphatic rings. The molecule has 200 valence electrons. The summed E-state index contributed by atoms with van der Waals surface area (Å²) in [5, 5.41) is 22.1. The van der Waals surface area contributed by atoms with Gasteiger partial charge in [-0.05, 0) is 24.3 Å². The van der Waals surface area contributed by atoms with Gasteiger partial charge in [-0.2, -0.15) is 23.4 Å². The number of anilines is 2. The number of ether oxygens (including phenoxy) is 1. The second-order valence-corrected chi connectivity index (χ2v) is 8.40. The molecule has 5 rings (SSSR count). The molecule has 0 saturated carbocycles. The molecule has 4 aromatic heterocycles. The number of hydrogen-bond acceptors (Lipinski definition) is 8. The molecular formula is C26H19F3N9O2+. The number of nitrogens with zero attached hydrogens (tertiary/aromatic N) is 6. The van der Waals surface area contributed by atoms with Crippen LogP contribution in [0.3, 0.4) is 0 Å². The van der Waals surface area contributed by atoms with Crippen molar-refractivity contribution in [3.8, 4) is 17.5 Å². The van der Waals surface area contributed by atoms with Crippen molar-refractivity contribution in [3.05, 3.63) is 100 Å². The van der Waals surface area contributed by atoms with Crippen LogP contribution in [0, 0.1) is 16.7 Å². The van der Waals surface area contributed by atoms with Gasteiger partial charge in [0.25, 0.3) is 5.56 Å². The molecule has 0 fully saturated rings. The fourth-order valence-corrected chi connectivity index (χ4v) is 3.98. The van der Waals surface area contributed by atoms with E-state index in [1.165, 1.54) is 42.3 Å². The maximum absolute atomic E-state index is 13.7. The number of allylic oxidation sites excluding steroid dienone is 4. The minimum atomic E-state index is -4.75. The van der Waals surface area contributed by atoms with Crippen LogP contribution in [0.15, 0.2) is 83.7 Å². The molecule has 4 aromatic rings. The van der Waals surface area contributed by atoms with Crippen molar-refractivity contribution in [2.75, 3.05) is 5.32 Å². The number of fused-ring (bicyclic) bond motifs is 1. The molecule has 0 aliphatic carbocycles. The van der Waals surface area contributed by atoms with Gasteiger partial charge in [0.2, 0.25) is 11.7 Å². The molecule has 4 N–H and O–H groups in total. The Morgan fingerprint density at radius 3 is 2.77 bits per heavy atom. The number of nitriles is 1. The number of nitrogens with two attached hydrogens (primary N) is 1. The standard InChI is InChI=1S/C26H18F3N9O2/c1-37-22-17(10-30)21(40-20(11-31)18-6-2-3-8-33-18)13-34-23(22)36-25(37)35-19-9-15(26(27,28)29)14-38(24(19)39)16-5-4-7-32-12-16/h2-9,11-14,31,33H,1H3,(H,34,35,36)/p+1/b20-18+,31-11?. The predicted molar refractivity (Wildman–Crippen MR) is 138 cm³/mol. The normalized spacial score (nSPS) is 14.2. The van der Waals surface area contributed by atoms with Crippen molar-refractivity contribution in [1.82, 2.24) is 24.1 Å². The van der Waals surface area contributed by atoms with Crippen molar-refractivity contribution in [3.63, 3.8) is 0 Å². The number of nitrogens with one attached hydrogen (secondary N) is 2. The number of aryl methyl sites for hydroxylation is 1. The maximum atomic E-state index is 13.7. The van der Waals surface area contributed by atoms with Crippen LogP contribution in [0.1, 0.15) is 11.1 Å². The van der Waals surface area contributed by atoms with Gasteiger partial charge in [-0.25, -0.2) is 4.98 Å². The summed E-state index contributed by atoms with van der Waals surface area (Å²) in [6, 6.07) is 5.68. The Morgan fingerprint density at radius 2 is 2.12 bits per heavy atom. The van der Waals surface area contributed by atoms with Crippen molar-refractivity contribution >= 4 is 29.0 Å². The van der Waals surface area contributed by atoms with Gasteiger partial charge in [0.1, 0.15) is 22.8 Å². The van der Waals surface area contributed by atoms with E-state index >= 15 is 0 Å². The Labute approximate surface area is 223 Å². The van der Waals surface area contributed by atoms with Crippen LogP contribution in [-0.2, 0) is 13.2 Å². The van der Waals surface area contributed by atoms with Crippen molar-refractivity contribution < 1.29 is 23.2 Å². The Bertz CT molecular complexity index is 1830. The second-order valence-electron chi connectivity index (χ2n) is 8.40. The molecule has 0 spiro atoms. The van der Waals surface area contributed by atoms with Crippen LogP contribution in [0.2, 0.25) is 0 Å². The van der Waals surface area contributed by atoms with E-state index in [2.05, 4.69) is 20.3 Å². The number of quaternary nitrogens is 1. The van der Waals surface area contributed by atoms with E-state index in [0.717, 1.165) is 10.8 Å². The molecule has 0 aromatic carbocycles. The van der Waals surface area contributed by atoms with Crippen LogP contribution in [0.4, 0.5) is 24.8 Å². The topological polar surface area (TPSA) is 151 Å². The molecule has 0 amide bonds. The smallest absolute Gasteiger partial charge is 0.417 e. The summed E-state index contributed by atoms with van der Waals surface area (Å²) in [4.78, 5) is 25.6. The first-order chi connectivity index (χ1) is 19.2. The third-order valence-electron chi connectivity index (χ3n) is 5.90. The number of rotatable bonds is 6. The average molecular weight is 546 g/mol. The first-order valence-corrected chi connectivity index (χ1v) is 11.6. The highest BCUT2D eigenvalue weighted by atomic mass is 19.4. The van der Waals surface area contributed by atoms with E-state index in [1.807, 2.05) is 6.07 Å². The predicted octanol–water partition coefficient (Wildman–Crippen LogP) is 3.04. The highest BCUT2D eigenvalue weighted by Gasteiger charge is 2.33. The van der Waals surface area contributed by atoms with Gasteiger partial charge >= 0.3 is 6.18 Å². The van der Waals surface area contributed by atoms with Gasteiger partial charge in [0.15, 0.2) is 17.1 Å². The summed E-state index contributed by atoms with van der Waals surface area (Å²) in [5.74, 6) is 0.174. The molecule has 0 unspecified atom stereocenters. The van der Waals surface area contributed by atoms with Gasteiger partial charge in [0.05, 0.1) is 36.1 Å². The maximum Gasteiger partial charge on any atom is 0.417 e. The Kier molecular flexibility index (Phi) is 6.72. The first kappa shape index (κ1) is 26.1. The molecule has 0 atom stereocenters. The summed E-state index contributed by atoms with van der Waals surface area (Å²) < 4.78 is 49.2. The zero-order valence-electron chi connectivity index (χ0n) is 20.6. The van der Waals surface area contributed by atoms with E-state index in [-0.39, 0.29) is 39.9 Å². The minimum absolute atomic E-state index is 0.0279. The van der Waals surface area contributed by atoms with Gasteiger partial charge < -0.3 is 20.0 Å². The third-order valence-corrected chi connectivity index (χ3v) is 5.90. The number of pyridine rings is 3.